The monoisotopic (exact) mass is 267 g/mol. The van der Waals surface area contributed by atoms with Gasteiger partial charge in [-0.25, -0.2) is 0 Å². The Hall–Kier alpha value is -1.26. The van der Waals surface area contributed by atoms with Crippen molar-refractivity contribution in [3.05, 3.63) is 28.8 Å². The zero-order valence-corrected chi connectivity index (χ0v) is 11.2. The number of hydrogen-bond donors (Lipinski definition) is 2. The molecule has 0 bridgehead atoms. The molecule has 1 fully saturated rings. The first-order valence-electron chi connectivity index (χ1n) is 6.08. The molecule has 1 atom stereocenters. The second-order valence-corrected chi connectivity index (χ2v) is 5.20. The molecule has 0 spiro atoms. The van der Waals surface area contributed by atoms with Crippen molar-refractivity contribution in [2.75, 3.05) is 18.8 Å². The molecule has 0 aliphatic carbocycles. The molecule has 1 aromatic carbocycles. The van der Waals surface area contributed by atoms with Gasteiger partial charge in [-0.15, -0.1) is 0 Å². The SMILES string of the molecule is CC(=O)NC1CCN(Cc2cc(Cl)ccc2N)C1. The van der Waals surface area contributed by atoms with E-state index in [1.807, 2.05) is 12.1 Å². The fraction of sp³-hybridized carbons (Fsp3) is 0.462. The summed E-state index contributed by atoms with van der Waals surface area (Å²) in [7, 11) is 0. The molecule has 1 aromatic rings. The lowest BCUT2D eigenvalue weighted by atomic mass is 10.1. The van der Waals surface area contributed by atoms with Crippen LogP contribution in [0.25, 0.3) is 0 Å². The van der Waals surface area contributed by atoms with Crippen LogP contribution in [0.4, 0.5) is 5.69 Å². The average molecular weight is 268 g/mol. The number of nitrogens with two attached hydrogens (primary N) is 1. The lowest BCUT2D eigenvalue weighted by Gasteiger charge is -2.17. The Morgan fingerprint density at radius 3 is 3.11 bits per heavy atom. The first kappa shape index (κ1) is 13.2. The maximum absolute atomic E-state index is 11.0. The van der Waals surface area contributed by atoms with Crippen molar-refractivity contribution in [2.45, 2.75) is 25.9 Å². The van der Waals surface area contributed by atoms with Gasteiger partial charge in [0.1, 0.15) is 0 Å². The van der Waals surface area contributed by atoms with Crippen molar-refractivity contribution in [3.8, 4) is 0 Å². The molecule has 1 saturated heterocycles. The van der Waals surface area contributed by atoms with E-state index in [0.29, 0.717) is 5.02 Å². The molecule has 1 amide bonds. The maximum atomic E-state index is 11.0. The number of likely N-dealkylation sites (tertiary alicyclic amines) is 1. The van der Waals surface area contributed by atoms with E-state index < -0.39 is 0 Å². The molecule has 98 valence electrons. The Balaban J connectivity index is 1.95. The normalized spacial score (nSPS) is 20.0. The Kier molecular flexibility index (Phi) is 4.09. The number of hydrogen-bond acceptors (Lipinski definition) is 3. The van der Waals surface area contributed by atoms with Gasteiger partial charge in [0.25, 0.3) is 0 Å². The molecule has 5 heteroatoms. The van der Waals surface area contributed by atoms with Crippen LogP contribution in [0.2, 0.25) is 5.02 Å². The van der Waals surface area contributed by atoms with Gasteiger partial charge in [0.15, 0.2) is 0 Å². The van der Waals surface area contributed by atoms with Crippen molar-refractivity contribution < 1.29 is 4.79 Å². The number of amides is 1. The zero-order valence-electron chi connectivity index (χ0n) is 10.4. The molecule has 18 heavy (non-hydrogen) atoms. The number of nitrogens with zero attached hydrogens (tertiary/aromatic N) is 1. The Morgan fingerprint density at radius 2 is 2.39 bits per heavy atom. The first-order chi connectivity index (χ1) is 8.54. The van der Waals surface area contributed by atoms with E-state index >= 15 is 0 Å². The van der Waals surface area contributed by atoms with Crippen LogP contribution < -0.4 is 11.1 Å². The van der Waals surface area contributed by atoms with Gasteiger partial charge in [0, 0.05) is 43.3 Å². The highest BCUT2D eigenvalue weighted by molar-refractivity contribution is 6.30. The van der Waals surface area contributed by atoms with Crippen LogP contribution in [-0.2, 0) is 11.3 Å². The van der Waals surface area contributed by atoms with Gasteiger partial charge in [0.05, 0.1) is 0 Å². The average Bonchev–Trinajstić information content (AvgIpc) is 2.70. The summed E-state index contributed by atoms with van der Waals surface area (Å²) in [6, 6.07) is 5.79. The predicted molar refractivity (Wildman–Crippen MR) is 73.4 cm³/mol. The largest absolute Gasteiger partial charge is 0.398 e. The molecule has 4 nitrogen and oxygen atoms in total. The molecule has 3 N–H and O–H groups in total. The van der Waals surface area contributed by atoms with Crippen LogP contribution in [0, 0.1) is 0 Å². The van der Waals surface area contributed by atoms with Crippen LogP contribution in [0.15, 0.2) is 18.2 Å². The highest BCUT2D eigenvalue weighted by atomic mass is 35.5. The number of carbonyl (C=O) groups is 1. The van der Waals surface area contributed by atoms with Gasteiger partial charge in [-0.2, -0.15) is 0 Å². The minimum Gasteiger partial charge on any atom is -0.398 e. The quantitative estimate of drug-likeness (QED) is 0.819. The number of nitrogen functional groups attached to an aromatic ring is 1. The summed E-state index contributed by atoms with van der Waals surface area (Å²) < 4.78 is 0. The minimum absolute atomic E-state index is 0.0316. The summed E-state index contributed by atoms with van der Waals surface area (Å²) >= 11 is 5.97. The van der Waals surface area contributed by atoms with Crippen LogP contribution in [0.1, 0.15) is 18.9 Å². The van der Waals surface area contributed by atoms with Gasteiger partial charge in [-0.1, -0.05) is 11.6 Å². The van der Waals surface area contributed by atoms with E-state index in [2.05, 4.69) is 10.2 Å². The first-order valence-corrected chi connectivity index (χ1v) is 6.46. The summed E-state index contributed by atoms with van der Waals surface area (Å²) in [4.78, 5) is 13.3. The Bertz CT molecular complexity index is 450. The van der Waals surface area contributed by atoms with Gasteiger partial charge in [-0.3, -0.25) is 9.69 Å². The molecule has 0 radical (unpaired) electrons. The highest BCUT2D eigenvalue weighted by Crippen LogP contribution is 2.21. The molecule has 1 aliphatic rings. The van der Waals surface area contributed by atoms with Crippen molar-refractivity contribution in [2.24, 2.45) is 0 Å². The van der Waals surface area contributed by atoms with Gasteiger partial charge in [-0.05, 0) is 30.2 Å². The predicted octanol–water partition coefficient (Wildman–Crippen LogP) is 1.63. The van der Waals surface area contributed by atoms with Gasteiger partial charge >= 0.3 is 0 Å². The molecule has 0 saturated carbocycles. The van der Waals surface area contributed by atoms with E-state index in [9.17, 15) is 4.79 Å². The molecule has 1 heterocycles. The second kappa shape index (κ2) is 5.59. The summed E-state index contributed by atoms with van der Waals surface area (Å²) in [5, 5.41) is 3.65. The standard InChI is InChI=1S/C13H18ClN3O/c1-9(18)16-12-4-5-17(8-12)7-10-6-11(14)2-3-13(10)15/h2-3,6,12H,4-5,7-8,15H2,1H3,(H,16,18). The fourth-order valence-electron chi connectivity index (χ4n) is 2.33. The third-order valence-electron chi connectivity index (χ3n) is 3.18. The fourth-order valence-corrected chi connectivity index (χ4v) is 2.53. The lowest BCUT2D eigenvalue weighted by molar-refractivity contribution is -0.119. The zero-order chi connectivity index (χ0) is 13.1. The molecule has 0 aromatic heterocycles. The molecular weight excluding hydrogens is 250 g/mol. The molecule has 2 rings (SSSR count). The number of benzene rings is 1. The van der Waals surface area contributed by atoms with E-state index in [-0.39, 0.29) is 11.9 Å². The number of anilines is 1. The molecule has 1 unspecified atom stereocenters. The summed E-state index contributed by atoms with van der Waals surface area (Å²) in [5.74, 6) is 0.0316. The smallest absolute Gasteiger partial charge is 0.217 e. The number of carbonyl (C=O) groups excluding carboxylic acids is 1. The van der Waals surface area contributed by atoms with Crippen molar-refractivity contribution >= 4 is 23.2 Å². The second-order valence-electron chi connectivity index (χ2n) is 4.76. The van der Waals surface area contributed by atoms with E-state index in [1.165, 1.54) is 0 Å². The maximum Gasteiger partial charge on any atom is 0.217 e. The lowest BCUT2D eigenvalue weighted by Crippen LogP contribution is -2.35. The summed E-state index contributed by atoms with van der Waals surface area (Å²) in [6.07, 6.45) is 0.986. The number of halogens is 1. The van der Waals surface area contributed by atoms with E-state index in [4.69, 9.17) is 17.3 Å². The van der Waals surface area contributed by atoms with E-state index in [0.717, 1.165) is 37.3 Å². The third-order valence-corrected chi connectivity index (χ3v) is 3.41. The molecule has 1 aliphatic heterocycles. The molecular formula is C13H18ClN3O. The van der Waals surface area contributed by atoms with Gasteiger partial charge in [0.2, 0.25) is 5.91 Å². The summed E-state index contributed by atoms with van der Waals surface area (Å²) in [6.45, 7) is 4.17. The highest BCUT2D eigenvalue weighted by Gasteiger charge is 2.23. The third kappa shape index (κ3) is 3.37. The summed E-state index contributed by atoms with van der Waals surface area (Å²) in [5.41, 5.74) is 7.74. The van der Waals surface area contributed by atoms with Crippen molar-refractivity contribution in [1.29, 1.82) is 0 Å². The number of nitrogens with one attached hydrogen (secondary N) is 1. The van der Waals surface area contributed by atoms with Gasteiger partial charge < -0.3 is 11.1 Å². The van der Waals surface area contributed by atoms with E-state index in [1.54, 1.807) is 13.0 Å². The Labute approximate surface area is 112 Å². The minimum atomic E-state index is 0.0316. The van der Waals surface area contributed by atoms with Crippen molar-refractivity contribution in [1.82, 2.24) is 10.2 Å². The topological polar surface area (TPSA) is 58.4 Å². The van der Waals surface area contributed by atoms with Crippen LogP contribution in [-0.4, -0.2) is 29.9 Å². The van der Waals surface area contributed by atoms with Crippen LogP contribution >= 0.6 is 11.6 Å². The van der Waals surface area contributed by atoms with Crippen LogP contribution in [0.3, 0.4) is 0 Å². The van der Waals surface area contributed by atoms with Crippen LogP contribution in [0.5, 0.6) is 0 Å². The van der Waals surface area contributed by atoms with Crippen molar-refractivity contribution in [3.63, 3.8) is 0 Å². The number of rotatable bonds is 3. The Morgan fingerprint density at radius 1 is 1.61 bits per heavy atom.